The predicted octanol–water partition coefficient (Wildman–Crippen LogP) is 2.07. The van der Waals surface area contributed by atoms with Crippen LogP contribution in [0.15, 0.2) is 0 Å². The fraction of sp³-hybridized carbons (Fsp3) is 1.00. The Morgan fingerprint density at radius 3 is 1.87 bits per heavy atom. The van der Waals surface area contributed by atoms with E-state index in [1.165, 1.54) is 38.9 Å². The van der Waals surface area contributed by atoms with Crippen LogP contribution in [0.5, 0.6) is 0 Å². The third kappa shape index (κ3) is 10.3. The summed E-state index contributed by atoms with van der Waals surface area (Å²) >= 11 is 0. The average Bonchev–Trinajstić information content (AvgIpc) is 3.31. The van der Waals surface area contributed by atoms with Crippen LogP contribution in [-0.4, -0.2) is 52.4 Å². The van der Waals surface area contributed by atoms with Gasteiger partial charge in [0, 0.05) is 0 Å². The average molecular weight is 327 g/mol. The van der Waals surface area contributed by atoms with E-state index in [1.807, 2.05) is 0 Å². The Bertz CT molecular complexity index is 272. The number of hydrogen-bond acceptors (Lipinski definition) is 4. The Morgan fingerprint density at radius 1 is 0.739 bits per heavy atom. The molecule has 138 valence electrons. The van der Waals surface area contributed by atoms with Gasteiger partial charge in [-0.3, -0.25) is 0 Å². The van der Waals surface area contributed by atoms with Crippen LogP contribution in [0.2, 0.25) is 0 Å². The third-order valence-electron chi connectivity index (χ3n) is 5.24. The summed E-state index contributed by atoms with van der Waals surface area (Å²) in [5, 5.41) is 14.1. The lowest BCUT2D eigenvalue weighted by Crippen LogP contribution is -2.31. The van der Waals surface area contributed by atoms with Gasteiger partial charge >= 0.3 is 0 Å². The van der Waals surface area contributed by atoms with Crippen molar-refractivity contribution in [1.29, 1.82) is 0 Å². The summed E-state index contributed by atoms with van der Waals surface area (Å²) in [6.45, 7) is 18.3. The monoisotopic (exact) mass is 326 g/mol. The largest absolute Gasteiger partial charge is 0.317 e. The molecule has 0 aromatic carbocycles. The first-order chi connectivity index (χ1) is 11.2. The van der Waals surface area contributed by atoms with Gasteiger partial charge in [0.2, 0.25) is 0 Å². The molecule has 0 aromatic rings. The molecule has 0 aromatic heterocycles. The number of hydrogen-bond donors (Lipinski definition) is 4. The van der Waals surface area contributed by atoms with E-state index in [9.17, 15) is 0 Å². The van der Waals surface area contributed by atoms with E-state index in [2.05, 4.69) is 49.0 Å². The molecule has 1 fully saturated rings. The Kier molecular flexibility index (Phi) is 12.0. The number of unbranched alkanes of at least 4 members (excludes halogenated alkanes) is 1. The molecule has 4 atom stereocenters. The van der Waals surface area contributed by atoms with Gasteiger partial charge in [0.25, 0.3) is 0 Å². The Balaban J connectivity index is 1.81. The molecule has 0 spiro atoms. The first kappa shape index (κ1) is 20.9. The van der Waals surface area contributed by atoms with Gasteiger partial charge in [0.05, 0.1) is 0 Å². The lowest BCUT2D eigenvalue weighted by atomic mass is 9.96. The van der Waals surface area contributed by atoms with Crippen molar-refractivity contribution in [2.75, 3.05) is 52.4 Å². The maximum atomic E-state index is 3.63. The smallest absolute Gasteiger partial charge is 0.00173 e. The Hall–Kier alpha value is -0.160. The van der Waals surface area contributed by atoms with Crippen molar-refractivity contribution in [2.45, 2.75) is 47.0 Å². The topological polar surface area (TPSA) is 48.1 Å². The predicted molar refractivity (Wildman–Crippen MR) is 102 cm³/mol. The summed E-state index contributed by atoms with van der Waals surface area (Å²) in [5.41, 5.74) is 0. The van der Waals surface area contributed by atoms with Crippen LogP contribution < -0.4 is 21.3 Å². The van der Waals surface area contributed by atoms with E-state index in [0.717, 1.165) is 56.4 Å². The molecule has 1 saturated carbocycles. The van der Waals surface area contributed by atoms with Crippen molar-refractivity contribution in [2.24, 2.45) is 23.7 Å². The van der Waals surface area contributed by atoms with Crippen LogP contribution in [0, 0.1) is 23.7 Å². The highest BCUT2D eigenvalue weighted by Crippen LogP contribution is 2.36. The zero-order valence-corrected chi connectivity index (χ0v) is 16.1. The van der Waals surface area contributed by atoms with Crippen molar-refractivity contribution >= 4 is 0 Å². The third-order valence-corrected chi connectivity index (χ3v) is 5.24. The molecule has 1 aliphatic rings. The molecule has 1 aliphatic carbocycles. The molecule has 4 unspecified atom stereocenters. The molecule has 0 aliphatic heterocycles. The SMILES string of the molecule is CCNCC(C)C(C)CNCCCCNCC1CC1CNCC. The van der Waals surface area contributed by atoms with E-state index in [1.54, 1.807) is 0 Å². The van der Waals surface area contributed by atoms with E-state index in [4.69, 9.17) is 0 Å². The van der Waals surface area contributed by atoms with Gasteiger partial charge in [-0.05, 0) is 95.3 Å². The van der Waals surface area contributed by atoms with E-state index in [-0.39, 0.29) is 0 Å². The van der Waals surface area contributed by atoms with Crippen molar-refractivity contribution in [3.8, 4) is 0 Å². The highest BCUT2D eigenvalue weighted by atomic mass is 14.9. The minimum absolute atomic E-state index is 0.746. The van der Waals surface area contributed by atoms with E-state index >= 15 is 0 Å². The summed E-state index contributed by atoms with van der Waals surface area (Å²) in [4.78, 5) is 0. The fourth-order valence-corrected chi connectivity index (χ4v) is 3.03. The van der Waals surface area contributed by atoms with Crippen LogP contribution in [0.1, 0.15) is 47.0 Å². The molecule has 4 N–H and O–H groups in total. The maximum Gasteiger partial charge on any atom is -0.00173 e. The molecule has 0 radical (unpaired) electrons. The summed E-state index contributed by atoms with van der Waals surface area (Å²) < 4.78 is 0. The molecule has 1 rings (SSSR count). The molecule has 23 heavy (non-hydrogen) atoms. The van der Waals surface area contributed by atoms with Crippen LogP contribution >= 0.6 is 0 Å². The molecule has 4 nitrogen and oxygen atoms in total. The first-order valence-corrected chi connectivity index (χ1v) is 10.0. The van der Waals surface area contributed by atoms with Crippen molar-refractivity contribution < 1.29 is 0 Å². The quantitative estimate of drug-likeness (QED) is 0.328. The lowest BCUT2D eigenvalue weighted by molar-refractivity contribution is 0.352. The molecule has 4 heteroatoms. The Morgan fingerprint density at radius 2 is 1.26 bits per heavy atom. The second-order valence-electron chi connectivity index (χ2n) is 7.44. The van der Waals surface area contributed by atoms with Gasteiger partial charge < -0.3 is 21.3 Å². The standard InChI is InChI=1S/C19H42N4/c1-5-20-12-16(3)17(4)13-22-9-7-8-10-23-15-19-11-18(19)14-21-6-2/h16-23H,5-15H2,1-4H3. The first-order valence-electron chi connectivity index (χ1n) is 10.0. The minimum Gasteiger partial charge on any atom is -0.317 e. The summed E-state index contributed by atoms with van der Waals surface area (Å²) in [7, 11) is 0. The normalized spacial score (nSPS) is 23.0. The molecule has 0 amide bonds. The van der Waals surface area contributed by atoms with Gasteiger partial charge in [-0.25, -0.2) is 0 Å². The molecule has 0 bridgehead atoms. The van der Waals surface area contributed by atoms with Crippen molar-refractivity contribution in [1.82, 2.24) is 21.3 Å². The summed E-state index contributed by atoms with van der Waals surface area (Å²) in [5.74, 6) is 3.37. The second-order valence-corrected chi connectivity index (χ2v) is 7.44. The van der Waals surface area contributed by atoms with Crippen LogP contribution in [0.25, 0.3) is 0 Å². The molecular weight excluding hydrogens is 284 g/mol. The molecular formula is C19H42N4. The zero-order valence-electron chi connectivity index (χ0n) is 16.1. The highest BCUT2D eigenvalue weighted by Gasteiger charge is 2.35. The summed E-state index contributed by atoms with van der Waals surface area (Å²) in [6.07, 6.45) is 4.00. The van der Waals surface area contributed by atoms with Crippen LogP contribution in [0.3, 0.4) is 0 Å². The molecule has 0 heterocycles. The summed E-state index contributed by atoms with van der Waals surface area (Å²) in [6, 6.07) is 0. The van der Waals surface area contributed by atoms with Crippen molar-refractivity contribution in [3.63, 3.8) is 0 Å². The minimum atomic E-state index is 0.746. The van der Waals surface area contributed by atoms with Crippen LogP contribution in [-0.2, 0) is 0 Å². The number of rotatable bonds is 16. The maximum absolute atomic E-state index is 3.63. The van der Waals surface area contributed by atoms with E-state index in [0.29, 0.717) is 0 Å². The highest BCUT2D eigenvalue weighted by molar-refractivity contribution is 4.88. The number of nitrogens with one attached hydrogen (secondary N) is 4. The molecule has 0 saturated heterocycles. The van der Waals surface area contributed by atoms with Gasteiger partial charge in [0.1, 0.15) is 0 Å². The lowest BCUT2D eigenvalue weighted by Gasteiger charge is -2.20. The van der Waals surface area contributed by atoms with Gasteiger partial charge in [-0.2, -0.15) is 0 Å². The van der Waals surface area contributed by atoms with Gasteiger partial charge in [-0.15, -0.1) is 0 Å². The fourth-order valence-electron chi connectivity index (χ4n) is 3.03. The van der Waals surface area contributed by atoms with Crippen molar-refractivity contribution in [3.05, 3.63) is 0 Å². The second kappa shape index (κ2) is 13.2. The zero-order chi connectivity index (χ0) is 16.9. The Labute approximate surface area is 145 Å². The van der Waals surface area contributed by atoms with Gasteiger partial charge in [0.15, 0.2) is 0 Å². The van der Waals surface area contributed by atoms with Gasteiger partial charge in [-0.1, -0.05) is 27.7 Å². The van der Waals surface area contributed by atoms with E-state index < -0.39 is 0 Å². The van der Waals surface area contributed by atoms with Crippen LogP contribution in [0.4, 0.5) is 0 Å².